The second kappa shape index (κ2) is 9.51. The fourth-order valence-electron chi connectivity index (χ4n) is 3.68. The SMILES string of the molecule is CN(CCCN1CCCCCC1)C(=O)c1cccc(-c2cnccc2N)c1. The highest BCUT2D eigenvalue weighted by molar-refractivity contribution is 5.95. The van der Waals surface area contributed by atoms with Crippen LogP contribution in [-0.2, 0) is 0 Å². The first-order chi connectivity index (χ1) is 13.1. The molecule has 2 aromatic rings. The Morgan fingerprint density at radius 2 is 1.96 bits per heavy atom. The lowest BCUT2D eigenvalue weighted by Crippen LogP contribution is -2.32. The first-order valence-corrected chi connectivity index (χ1v) is 9.93. The molecule has 1 aromatic heterocycles. The van der Waals surface area contributed by atoms with Gasteiger partial charge in [0.25, 0.3) is 5.91 Å². The minimum atomic E-state index is 0.0511. The number of nitrogens with zero attached hydrogens (tertiary/aromatic N) is 3. The Morgan fingerprint density at radius 1 is 1.19 bits per heavy atom. The van der Waals surface area contributed by atoms with E-state index in [1.807, 2.05) is 36.2 Å². The number of anilines is 1. The van der Waals surface area contributed by atoms with Crippen LogP contribution in [0.4, 0.5) is 5.69 Å². The molecule has 2 heterocycles. The van der Waals surface area contributed by atoms with E-state index in [2.05, 4.69) is 9.88 Å². The summed E-state index contributed by atoms with van der Waals surface area (Å²) in [6.45, 7) is 4.25. The maximum Gasteiger partial charge on any atom is 0.253 e. The van der Waals surface area contributed by atoms with E-state index in [0.717, 1.165) is 30.6 Å². The van der Waals surface area contributed by atoms with Crippen LogP contribution in [0, 0.1) is 0 Å². The van der Waals surface area contributed by atoms with Crippen LogP contribution in [0.15, 0.2) is 42.7 Å². The number of hydrogen-bond donors (Lipinski definition) is 1. The summed E-state index contributed by atoms with van der Waals surface area (Å²) >= 11 is 0. The molecule has 3 rings (SSSR count). The third-order valence-electron chi connectivity index (χ3n) is 5.29. The number of likely N-dealkylation sites (tertiary alicyclic amines) is 1. The van der Waals surface area contributed by atoms with Crippen molar-refractivity contribution in [1.29, 1.82) is 0 Å². The Bertz CT molecular complexity index is 753. The molecule has 0 saturated carbocycles. The topological polar surface area (TPSA) is 62.5 Å². The summed E-state index contributed by atoms with van der Waals surface area (Å²) in [7, 11) is 1.88. The number of carbonyl (C=O) groups is 1. The predicted molar refractivity (Wildman–Crippen MR) is 111 cm³/mol. The summed E-state index contributed by atoms with van der Waals surface area (Å²) < 4.78 is 0. The largest absolute Gasteiger partial charge is 0.398 e. The normalized spacial score (nSPS) is 15.3. The molecular weight excluding hydrogens is 336 g/mol. The highest BCUT2D eigenvalue weighted by atomic mass is 16.2. The van der Waals surface area contributed by atoms with Crippen LogP contribution < -0.4 is 5.73 Å². The molecule has 0 radical (unpaired) electrons. The van der Waals surface area contributed by atoms with Crippen LogP contribution in [0.5, 0.6) is 0 Å². The second-order valence-corrected chi connectivity index (χ2v) is 7.38. The lowest BCUT2D eigenvalue weighted by Gasteiger charge is -2.22. The van der Waals surface area contributed by atoms with Crippen LogP contribution in [0.3, 0.4) is 0 Å². The van der Waals surface area contributed by atoms with Gasteiger partial charge in [-0.3, -0.25) is 9.78 Å². The number of nitrogen functional groups attached to an aromatic ring is 1. The van der Waals surface area contributed by atoms with Crippen molar-refractivity contribution in [3.8, 4) is 11.1 Å². The molecule has 144 valence electrons. The molecule has 1 aliphatic rings. The van der Waals surface area contributed by atoms with Crippen molar-refractivity contribution < 1.29 is 4.79 Å². The minimum Gasteiger partial charge on any atom is -0.398 e. The number of pyridine rings is 1. The fraction of sp³-hybridized carbons (Fsp3) is 0.455. The van der Waals surface area contributed by atoms with E-state index in [1.165, 1.54) is 38.8 Å². The van der Waals surface area contributed by atoms with Crippen molar-refractivity contribution in [1.82, 2.24) is 14.8 Å². The van der Waals surface area contributed by atoms with Crippen molar-refractivity contribution in [3.05, 3.63) is 48.3 Å². The van der Waals surface area contributed by atoms with E-state index >= 15 is 0 Å². The minimum absolute atomic E-state index is 0.0511. The number of carbonyl (C=O) groups excluding carboxylic acids is 1. The first kappa shape index (κ1) is 19.4. The molecule has 5 heteroatoms. The van der Waals surface area contributed by atoms with E-state index in [4.69, 9.17) is 5.73 Å². The number of nitrogens with two attached hydrogens (primary N) is 1. The van der Waals surface area contributed by atoms with Crippen LogP contribution in [0.25, 0.3) is 11.1 Å². The van der Waals surface area contributed by atoms with Gasteiger partial charge in [-0.1, -0.05) is 25.0 Å². The molecule has 1 saturated heterocycles. The molecule has 0 unspecified atom stereocenters. The van der Waals surface area contributed by atoms with Gasteiger partial charge in [0, 0.05) is 42.8 Å². The van der Waals surface area contributed by atoms with Crippen molar-refractivity contribution in [2.75, 3.05) is 39.0 Å². The highest BCUT2D eigenvalue weighted by Gasteiger charge is 2.14. The van der Waals surface area contributed by atoms with Crippen LogP contribution in [0.1, 0.15) is 42.5 Å². The Kier molecular flexibility index (Phi) is 6.82. The molecule has 1 fully saturated rings. The quantitative estimate of drug-likeness (QED) is 0.847. The zero-order valence-corrected chi connectivity index (χ0v) is 16.2. The number of hydrogen-bond acceptors (Lipinski definition) is 4. The summed E-state index contributed by atoms with van der Waals surface area (Å²) in [5, 5.41) is 0. The van der Waals surface area contributed by atoms with Gasteiger partial charge in [0.05, 0.1) is 0 Å². The van der Waals surface area contributed by atoms with Gasteiger partial charge in [0.15, 0.2) is 0 Å². The highest BCUT2D eigenvalue weighted by Crippen LogP contribution is 2.25. The second-order valence-electron chi connectivity index (χ2n) is 7.38. The first-order valence-electron chi connectivity index (χ1n) is 9.93. The smallest absolute Gasteiger partial charge is 0.253 e. The third-order valence-corrected chi connectivity index (χ3v) is 5.29. The number of aromatic nitrogens is 1. The van der Waals surface area contributed by atoms with Crippen molar-refractivity contribution >= 4 is 11.6 Å². The molecule has 0 bridgehead atoms. The van der Waals surface area contributed by atoms with E-state index in [0.29, 0.717) is 11.3 Å². The lowest BCUT2D eigenvalue weighted by atomic mass is 10.0. The van der Waals surface area contributed by atoms with Gasteiger partial charge in [0.2, 0.25) is 0 Å². The molecule has 1 aliphatic heterocycles. The Hall–Kier alpha value is -2.40. The molecule has 0 spiro atoms. The Labute approximate surface area is 162 Å². The van der Waals surface area contributed by atoms with Crippen LogP contribution in [-0.4, -0.2) is 53.9 Å². The maximum absolute atomic E-state index is 12.8. The zero-order chi connectivity index (χ0) is 19.1. The van der Waals surface area contributed by atoms with E-state index in [9.17, 15) is 4.79 Å². The summed E-state index contributed by atoms with van der Waals surface area (Å²) in [5.41, 5.74) is 9.18. The van der Waals surface area contributed by atoms with E-state index < -0.39 is 0 Å². The molecule has 0 aliphatic carbocycles. The van der Waals surface area contributed by atoms with E-state index in [-0.39, 0.29) is 5.91 Å². The van der Waals surface area contributed by atoms with Gasteiger partial charge in [-0.2, -0.15) is 0 Å². The predicted octanol–water partition coefficient (Wildman–Crippen LogP) is 3.67. The van der Waals surface area contributed by atoms with Gasteiger partial charge in [-0.15, -0.1) is 0 Å². The third kappa shape index (κ3) is 5.30. The average molecular weight is 367 g/mol. The summed E-state index contributed by atoms with van der Waals surface area (Å²) in [6, 6.07) is 9.41. The van der Waals surface area contributed by atoms with Crippen LogP contribution >= 0.6 is 0 Å². The molecule has 1 amide bonds. The number of benzene rings is 1. The summed E-state index contributed by atoms with van der Waals surface area (Å²) in [4.78, 5) is 21.3. The van der Waals surface area contributed by atoms with Gasteiger partial charge >= 0.3 is 0 Å². The zero-order valence-electron chi connectivity index (χ0n) is 16.2. The summed E-state index contributed by atoms with van der Waals surface area (Å²) in [5.74, 6) is 0.0511. The molecule has 5 nitrogen and oxygen atoms in total. The molecule has 1 aromatic carbocycles. The Morgan fingerprint density at radius 3 is 2.70 bits per heavy atom. The maximum atomic E-state index is 12.8. The fourth-order valence-corrected chi connectivity index (χ4v) is 3.68. The summed E-state index contributed by atoms with van der Waals surface area (Å²) in [6.07, 6.45) is 9.74. The standard InChI is InChI=1S/C22H30N4O/c1-25(12-7-15-26-13-4-2-3-5-14-26)22(27)19-9-6-8-18(16-19)20-17-24-11-10-21(20)23/h6,8-11,16-17H,2-5,7,12-15H2,1H3,(H2,23,24). The van der Waals surface area contributed by atoms with Gasteiger partial charge in [-0.05, 0) is 62.7 Å². The Balaban J connectivity index is 1.58. The van der Waals surface area contributed by atoms with Crippen LogP contribution in [0.2, 0.25) is 0 Å². The number of rotatable bonds is 6. The van der Waals surface area contributed by atoms with E-state index in [1.54, 1.807) is 18.5 Å². The van der Waals surface area contributed by atoms with Gasteiger partial charge in [-0.25, -0.2) is 0 Å². The van der Waals surface area contributed by atoms with Gasteiger partial charge < -0.3 is 15.5 Å². The lowest BCUT2D eigenvalue weighted by molar-refractivity contribution is 0.0788. The monoisotopic (exact) mass is 366 g/mol. The molecule has 0 atom stereocenters. The van der Waals surface area contributed by atoms with Gasteiger partial charge in [0.1, 0.15) is 0 Å². The van der Waals surface area contributed by atoms with Crippen molar-refractivity contribution in [2.24, 2.45) is 0 Å². The molecule has 2 N–H and O–H groups in total. The molecular formula is C22H30N4O. The van der Waals surface area contributed by atoms with Crippen molar-refractivity contribution in [3.63, 3.8) is 0 Å². The van der Waals surface area contributed by atoms with Crippen molar-refractivity contribution in [2.45, 2.75) is 32.1 Å². The molecule has 27 heavy (non-hydrogen) atoms. The average Bonchev–Trinajstić information content (AvgIpc) is 2.96. The number of amides is 1.